The number of rotatable bonds is 3. The maximum absolute atomic E-state index is 13.8. The quantitative estimate of drug-likeness (QED) is 0.890. The van der Waals surface area contributed by atoms with Crippen molar-refractivity contribution in [3.8, 4) is 5.75 Å². The summed E-state index contributed by atoms with van der Waals surface area (Å²) in [6.07, 6.45) is 2.37. The molecule has 0 aromatic heterocycles. The molecule has 1 aliphatic heterocycles. The highest BCUT2D eigenvalue weighted by Crippen LogP contribution is 2.47. The predicted octanol–water partition coefficient (Wildman–Crippen LogP) is 3.04. The summed E-state index contributed by atoms with van der Waals surface area (Å²) in [4.78, 5) is 2.39. The highest BCUT2D eigenvalue weighted by molar-refractivity contribution is 5.85. The van der Waals surface area contributed by atoms with E-state index in [0.717, 1.165) is 37.3 Å². The molecule has 1 heterocycles. The second-order valence-electron chi connectivity index (χ2n) is 5.75. The Kier molecular flexibility index (Phi) is 6.72. The van der Waals surface area contributed by atoms with Crippen LogP contribution in [0.5, 0.6) is 5.75 Å². The Morgan fingerprint density at radius 2 is 1.86 bits per heavy atom. The van der Waals surface area contributed by atoms with Gasteiger partial charge in [0, 0.05) is 37.8 Å². The molecule has 1 aromatic carbocycles. The van der Waals surface area contributed by atoms with E-state index >= 15 is 0 Å². The summed E-state index contributed by atoms with van der Waals surface area (Å²) in [6, 6.07) is 3.53. The third kappa shape index (κ3) is 4.01. The Hall–Kier alpha value is -0.550. The number of nitrogens with one attached hydrogen (secondary N) is 1. The lowest BCUT2D eigenvalue weighted by Crippen LogP contribution is -2.45. The van der Waals surface area contributed by atoms with E-state index in [-0.39, 0.29) is 36.6 Å². The molecule has 120 valence electrons. The lowest BCUT2D eigenvalue weighted by molar-refractivity contribution is 0.153. The Bertz CT molecular complexity index is 477. The van der Waals surface area contributed by atoms with Crippen molar-refractivity contribution in [3.05, 3.63) is 29.1 Å². The van der Waals surface area contributed by atoms with Crippen LogP contribution in [0.2, 0.25) is 0 Å². The zero-order valence-corrected chi connectivity index (χ0v) is 13.8. The molecule has 2 aliphatic rings. The molecule has 0 amide bonds. The summed E-state index contributed by atoms with van der Waals surface area (Å²) in [7, 11) is 0. The van der Waals surface area contributed by atoms with Gasteiger partial charge in [0.2, 0.25) is 0 Å². The van der Waals surface area contributed by atoms with Crippen LogP contribution in [-0.2, 0) is 0 Å². The molecule has 1 aromatic rings. The Morgan fingerprint density at radius 1 is 1.24 bits per heavy atom. The molecule has 2 N–H and O–H groups in total. The Morgan fingerprint density at radius 3 is 2.43 bits per heavy atom. The molecule has 0 spiro atoms. The SMILES string of the molecule is Cc1cc(F)c(O)c([C@@H](C2CC2)N2CCNCC2)c1.Cl.Cl. The first-order valence-electron chi connectivity index (χ1n) is 7.10. The van der Waals surface area contributed by atoms with Gasteiger partial charge in [-0.2, -0.15) is 0 Å². The van der Waals surface area contributed by atoms with Gasteiger partial charge in [0.25, 0.3) is 0 Å². The van der Waals surface area contributed by atoms with E-state index in [2.05, 4.69) is 10.2 Å². The van der Waals surface area contributed by atoms with E-state index in [1.807, 2.05) is 13.0 Å². The van der Waals surface area contributed by atoms with E-state index in [0.29, 0.717) is 5.92 Å². The van der Waals surface area contributed by atoms with E-state index in [9.17, 15) is 9.50 Å². The number of hydrogen-bond donors (Lipinski definition) is 2. The van der Waals surface area contributed by atoms with Crippen molar-refractivity contribution in [2.75, 3.05) is 26.2 Å². The van der Waals surface area contributed by atoms with Gasteiger partial charge in [-0.3, -0.25) is 4.90 Å². The lowest BCUT2D eigenvalue weighted by atomic mass is 9.96. The molecule has 6 heteroatoms. The summed E-state index contributed by atoms with van der Waals surface area (Å²) in [5.41, 5.74) is 1.66. The van der Waals surface area contributed by atoms with Crippen LogP contribution in [0.4, 0.5) is 4.39 Å². The standard InChI is InChI=1S/C15H21FN2O.2ClH/c1-10-8-12(15(19)13(16)9-10)14(11-2-3-11)18-6-4-17-5-7-18;;/h8-9,11,14,17,19H,2-7H2,1H3;2*1H/t14-;;/m1../s1. The van der Waals surface area contributed by atoms with Gasteiger partial charge in [-0.25, -0.2) is 4.39 Å². The number of aromatic hydroxyl groups is 1. The first-order valence-corrected chi connectivity index (χ1v) is 7.10. The van der Waals surface area contributed by atoms with Crippen molar-refractivity contribution in [3.63, 3.8) is 0 Å². The van der Waals surface area contributed by atoms with Crippen molar-refractivity contribution in [1.29, 1.82) is 0 Å². The summed E-state index contributed by atoms with van der Waals surface area (Å²) in [6.45, 7) is 5.76. The minimum atomic E-state index is -0.490. The fraction of sp³-hybridized carbons (Fsp3) is 0.600. The second kappa shape index (κ2) is 7.63. The Balaban J connectivity index is 0.00000110. The number of nitrogens with zero attached hydrogens (tertiary/aromatic N) is 1. The number of aryl methyl sites for hydroxylation is 1. The number of phenolic OH excluding ortho intramolecular Hbond substituents is 1. The van der Waals surface area contributed by atoms with Gasteiger partial charge < -0.3 is 10.4 Å². The first kappa shape index (κ1) is 18.5. The number of benzene rings is 1. The number of halogens is 3. The molecule has 1 atom stereocenters. The number of piperazine rings is 1. The number of hydrogen-bond acceptors (Lipinski definition) is 3. The molecule has 21 heavy (non-hydrogen) atoms. The monoisotopic (exact) mass is 336 g/mol. The summed E-state index contributed by atoms with van der Waals surface area (Å²) in [5.74, 6) is -0.0676. The van der Waals surface area contributed by atoms with Gasteiger partial charge in [-0.1, -0.05) is 6.07 Å². The summed E-state index contributed by atoms with van der Waals surface area (Å²) in [5, 5.41) is 13.4. The van der Waals surface area contributed by atoms with E-state index in [1.54, 1.807) is 0 Å². The molecule has 0 bridgehead atoms. The first-order chi connectivity index (χ1) is 9.16. The third-order valence-corrected chi connectivity index (χ3v) is 4.17. The van der Waals surface area contributed by atoms with Crippen LogP contribution >= 0.6 is 24.8 Å². The molecule has 2 fully saturated rings. The van der Waals surface area contributed by atoms with Crippen molar-refractivity contribution >= 4 is 24.8 Å². The van der Waals surface area contributed by atoms with Gasteiger partial charge in [0.1, 0.15) is 0 Å². The van der Waals surface area contributed by atoms with Gasteiger partial charge in [-0.05, 0) is 37.3 Å². The van der Waals surface area contributed by atoms with Crippen molar-refractivity contribution < 1.29 is 9.50 Å². The minimum absolute atomic E-state index is 0. The maximum Gasteiger partial charge on any atom is 0.165 e. The van der Waals surface area contributed by atoms with Gasteiger partial charge >= 0.3 is 0 Å². The Labute approximate surface area is 137 Å². The highest BCUT2D eigenvalue weighted by atomic mass is 35.5. The topological polar surface area (TPSA) is 35.5 Å². The average molecular weight is 337 g/mol. The molecule has 3 nitrogen and oxygen atoms in total. The zero-order valence-electron chi connectivity index (χ0n) is 12.1. The van der Waals surface area contributed by atoms with Crippen molar-refractivity contribution in [2.45, 2.75) is 25.8 Å². The molecule has 3 rings (SSSR count). The van der Waals surface area contributed by atoms with E-state index in [4.69, 9.17) is 0 Å². The fourth-order valence-corrected chi connectivity index (χ4v) is 3.11. The summed E-state index contributed by atoms with van der Waals surface area (Å²) < 4.78 is 13.8. The van der Waals surface area contributed by atoms with Gasteiger partial charge in [0.15, 0.2) is 11.6 Å². The minimum Gasteiger partial charge on any atom is -0.505 e. The van der Waals surface area contributed by atoms with Crippen molar-refractivity contribution in [2.24, 2.45) is 5.92 Å². The average Bonchev–Trinajstić information content (AvgIpc) is 3.21. The second-order valence-corrected chi connectivity index (χ2v) is 5.75. The summed E-state index contributed by atoms with van der Waals surface area (Å²) >= 11 is 0. The van der Waals surface area contributed by atoms with Crippen LogP contribution in [-0.4, -0.2) is 36.2 Å². The smallest absolute Gasteiger partial charge is 0.165 e. The van der Waals surface area contributed by atoms with Crippen LogP contribution in [0, 0.1) is 18.7 Å². The molecular weight excluding hydrogens is 314 g/mol. The largest absolute Gasteiger partial charge is 0.505 e. The van der Waals surface area contributed by atoms with E-state index < -0.39 is 5.82 Å². The van der Waals surface area contributed by atoms with Crippen LogP contribution in [0.1, 0.15) is 30.0 Å². The lowest BCUT2D eigenvalue weighted by Gasteiger charge is -2.36. The maximum atomic E-state index is 13.8. The highest BCUT2D eigenvalue weighted by Gasteiger charge is 2.38. The van der Waals surface area contributed by atoms with Crippen molar-refractivity contribution in [1.82, 2.24) is 10.2 Å². The molecule has 1 saturated carbocycles. The molecule has 0 radical (unpaired) electrons. The normalized spacial score (nSPS) is 20.3. The van der Waals surface area contributed by atoms with E-state index in [1.165, 1.54) is 18.9 Å². The van der Waals surface area contributed by atoms with Gasteiger partial charge in [-0.15, -0.1) is 24.8 Å². The third-order valence-electron chi connectivity index (χ3n) is 4.17. The van der Waals surface area contributed by atoms with Crippen LogP contribution in [0.15, 0.2) is 12.1 Å². The molecule has 1 aliphatic carbocycles. The predicted molar refractivity (Wildman–Crippen MR) is 87.2 cm³/mol. The van der Waals surface area contributed by atoms with Crippen LogP contribution < -0.4 is 5.32 Å². The number of phenols is 1. The van der Waals surface area contributed by atoms with Gasteiger partial charge in [0.05, 0.1) is 0 Å². The molecular formula is C15H23Cl2FN2O. The molecule has 0 unspecified atom stereocenters. The zero-order chi connectivity index (χ0) is 13.4. The molecule has 1 saturated heterocycles. The van der Waals surface area contributed by atoms with Crippen LogP contribution in [0.3, 0.4) is 0 Å². The van der Waals surface area contributed by atoms with Crippen LogP contribution in [0.25, 0.3) is 0 Å². The fourth-order valence-electron chi connectivity index (χ4n) is 3.11.